The van der Waals surface area contributed by atoms with Gasteiger partial charge in [-0.15, -0.1) is 6.58 Å². The Morgan fingerprint density at radius 1 is 1.36 bits per heavy atom. The third kappa shape index (κ3) is 3.48. The molecular formula is C13H16O. The van der Waals surface area contributed by atoms with Crippen LogP contribution in [-0.2, 0) is 0 Å². The quantitative estimate of drug-likeness (QED) is 0.506. The minimum Gasteiger partial charge on any atom is -0.497 e. The van der Waals surface area contributed by atoms with E-state index in [9.17, 15) is 0 Å². The maximum absolute atomic E-state index is 5.13. The summed E-state index contributed by atoms with van der Waals surface area (Å²) in [5.74, 6) is 0.899. The first kappa shape index (κ1) is 10.6. The van der Waals surface area contributed by atoms with Crippen LogP contribution in [0.3, 0.4) is 0 Å². The summed E-state index contributed by atoms with van der Waals surface area (Å²) < 4.78 is 5.13. The molecule has 0 aliphatic carbocycles. The fourth-order valence-corrected chi connectivity index (χ4v) is 1.18. The van der Waals surface area contributed by atoms with Gasteiger partial charge in [0.05, 0.1) is 7.11 Å². The number of methoxy groups -OCH3 is 1. The molecule has 1 aromatic carbocycles. The van der Waals surface area contributed by atoms with Crippen molar-refractivity contribution in [1.29, 1.82) is 0 Å². The minimum atomic E-state index is 0.899. The van der Waals surface area contributed by atoms with Gasteiger partial charge in [-0.25, -0.2) is 0 Å². The van der Waals surface area contributed by atoms with E-state index >= 15 is 0 Å². The van der Waals surface area contributed by atoms with Gasteiger partial charge in [0.15, 0.2) is 0 Å². The summed E-state index contributed by atoms with van der Waals surface area (Å²) in [5, 5.41) is 0. The molecule has 0 heterocycles. The summed E-state index contributed by atoms with van der Waals surface area (Å²) in [6.07, 6.45) is 8.25. The molecule has 0 spiro atoms. The molecule has 0 aliphatic rings. The van der Waals surface area contributed by atoms with Gasteiger partial charge in [0.1, 0.15) is 5.75 Å². The number of ether oxygens (including phenoxy) is 1. The number of rotatable bonds is 5. The molecule has 74 valence electrons. The lowest BCUT2D eigenvalue weighted by Crippen LogP contribution is -1.82. The summed E-state index contributed by atoms with van der Waals surface area (Å²) in [5.41, 5.74) is 1.17. The monoisotopic (exact) mass is 188 g/mol. The first-order chi connectivity index (χ1) is 6.86. The van der Waals surface area contributed by atoms with Crippen molar-refractivity contribution in [2.24, 2.45) is 0 Å². The standard InChI is InChI=1S/C13H16O/c1-3-4-5-6-8-12-9-7-10-13(11-12)14-2/h3,6-11H,1,4-5H2,2H3/b8-6+. The third-order valence-corrected chi connectivity index (χ3v) is 1.94. The second-order valence-electron chi connectivity index (χ2n) is 3.05. The summed E-state index contributed by atoms with van der Waals surface area (Å²) in [7, 11) is 1.68. The zero-order valence-corrected chi connectivity index (χ0v) is 8.57. The fraction of sp³-hybridized carbons (Fsp3) is 0.231. The van der Waals surface area contributed by atoms with E-state index in [-0.39, 0.29) is 0 Å². The smallest absolute Gasteiger partial charge is 0.119 e. The van der Waals surface area contributed by atoms with E-state index < -0.39 is 0 Å². The van der Waals surface area contributed by atoms with Crippen LogP contribution in [0.25, 0.3) is 6.08 Å². The predicted octanol–water partition coefficient (Wildman–Crippen LogP) is 3.67. The Morgan fingerprint density at radius 2 is 2.21 bits per heavy atom. The lowest BCUT2D eigenvalue weighted by atomic mass is 10.2. The van der Waals surface area contributed by atoms with E-state index in [0.29, 0.717) is 0 Å². The Kier molecular flexibility index (Phi) is 4.56. The van der Waals surface area contributed by atoms with E-state index in [1.807, 2.05) is 24.3 Å². The molecule has 0 aromatic heterocycles. The molecule has 0 radical (unpaired) electrons. The molecule has 0 fully saturated rings. The van der Waals surface area contributed by atoms with Crippen LogP contribution in [0.4, 0.5) is 0 Å². The predicted molar refractivity (Wildman–Crippen MR) is 61.5 cm³/mol. The molecule has 0 amide bonds. The molecule has 0 saturated heterocycles. The van der Waals surface area contributed by atoms with Crippen molar-refractivity contribution in [2.75, 3.05) is 7.11 Å². The highest BCUT2D eigenvalue weighted by atomic mass is 16.5. The van der Waals surface area contributed by atoms with Crippen LogP contribution in [0.1, 0.15) is 18.4 Å². The van der Waals surface area contributed by atoms with Crippen LogP contribution in [0.5, 0.6) is 5.75 Å². The summed E-state index contributed by atoms with van der Waals surface area (Å²) in [6, 6.07) is 8.02. The lowest BCUT2D eigenvalue weighted by molar-refractivity contribution is 0.414. The number of unbranched alkanes of at least 4 members (excludes halogenated alkanes) is 1. The summed E-state index contributed by atoms with van der Waals surface area (Å²) in [6.45, 7) is 3.68. The van der Waals surface area contributed by atoms with Crippen LogP contribution in [-0.4, -0.2) is 7.11 Å². The number of hydrogen-bond donors (Lipinski definition) is 0. The first-order valence-electron chi connectivity index (χ1n) is 4.78. The summed E-state index contributed by atoms with van der Waals surface area (Å²) >= 11 is 0. The molecule has 14 heavy (non-hydrogen) atoms. The Labute approximate surface area is 85.7 Å². The van der Waals surface area contributed by atoms with Gasteiger partial charge in [0.2, 0.25) is 0 Å². The van der Waals surface area contributed by atoms with Crippen molar-refractivity contribution < 1.29 is 4.74 Å². The van der Waals surface area contributed by atoms with Crippen molar-refractivity contribution in [3.05, 3.63) is 48.6 Å². The average molecular weight is 188 g/mol. The van der Waals surface area contributed by atoms with Crippen LogP contribution in [0.15, 0.2) is 43.0 Å². The van der Waals surface area contributed by atoms with Gasteiger partial charge in [-0.05, 0) is 30.5 Å². The molecule has 0 N–H and O–H groups in total. The second kappa shape index (κ2) is 6.03. The van der Waals surface area contributed by atoms with E-state index in [2.05, 4.69) is 24.8 Å². The topological polar surface area (TPSA) is 9.23 Å². The van der Waals surface area contributed by atoms with E-state index in [4.69, 9.17) is 4.74 Å². The Balaban J connectivity index is 2.57. The van der Waals surface area contributed by atoms with E-state index in [1.54, 1.807) is 7.11 Å². The van der Waals surface area contributed by atoms with Crippen LogP contribution in [0.2, 0.25) is 0 Å². The van der Waals surface area contributed by atoms with Gasteiger partial charge in [-0.3, -0.25) is 0 Å². The van der Waals surface area contributed by atoms with Crippen molar-refractivity contribution in [1.82, 2.24) is 0 Å². The SMILES string of the molecule is C=CCC/C=C/c1cccc(OC)c1. The fourth-order valence-electron chi connectivity index (χ4n) is 1.18. The maximum Gasteiger partial charge on any atom is 0.119 e. The molecule has 0 bridgehead atoms. The molecule has 1 heteroatoms. The Hall–Kier alpha value is -1.50. The minimum absolute atomic E-state index is 0.899. The average Bonchev–Trinajstić information content (AvgIpc) is 2.25. The van der Waals surface area contributed by atoms with Gasteiger partial charge in [0.25, 0.3) is 0 Å². The molecule has 1 aromatic rings. The van der Waals surface area contributed by atoms with Crippen LogP contribution in [0, 0.1) is 0 Å². The molecule has 0 atom stereocenters. The van der Waals surface area contributed by atoms with Gasteiger partial charge in [0, 0.05) is 0 Å². The number of hydrogen-bond acceptors (Lipinski definition) is 1. The molecule has 1 rings (SSSR count). The molecule has 0 aliphatic heterocycles. The first-order valence-corrected chi connectivity index (χ1v) is 4.78. The van der Waals surface area contributed by atoms with Gasteiger partial charge in [-0.1, -0.05) is 30.4 Å². The largest absolute Gasteiger partial charge is 0.497 e. The highest BCUT2D eigenvalue weighted by molar-refractivity contribution is 5.51. The molecule has 0 saturated carbocycles. The highest BCUT2D eigenvalue weighted by Crippen LogP contribution is 2.13. The summed E-state index contributed by atoms with van der Waals surface area (Å²) in [4.78, 5) is 0. The van der Waals surface area contributed by atoms with Gasteiger partial charge >= 0.3 is 0 Å². The molecule has 0 unspecified atom stereocenters. The van der Waals surface area contributed by atoms with Crippen LogP contribution < -0.4 is 4.74 Å². The Morgan fingerprint density at radius 3 is 2.93 bits per heavy atom. The van der Waals surface area contributed by atoms with Gasteiger partial charge < -0.3 is 4.74 Å². The van der Waals surface area contributed by atoms with E-state index in [1.165, 1.54) is 5.56 Å². The number of allylic oxidation sites excluding steroid dienone is 2. The third-order valence-electron chi connectivity index (χ3n) is 1.94. The van der Waals surface area contributed by atoms with E-state index in [0.717, 1.165) is 18.6 Å². The molecular weight excluding hydrogens is 172 g/mol. The highest BCUT2D eigenvalue weighted by Gasteiger charge is 1.90. The van der Waals surface area contributed by atoms with Crippen LogP contribution >= 0.6 is 0 Å². The van der Waals surface area contributed by atoms with Crippen molar-refractivity contribution >= 4 is 6.08 Å². The van der Waals surface area contributed by atoms with Crippen molar-refractivity contribution in [3.8, 4) is 5.75 Å². The van der Waals surface area contributed by atoms with Crippen molar-refractivity contribution in [2.45, 2.75) is 12.8 Å². The maximum atomic E-state index is 5.13. The number of benzene rings is 1. The molecule has 1 nitrogen and oxygen atoms in total. The van der Waals surface area contributed by atoms with Gasteiger partial charge in [-0.2, -0.15) is 0 Å². The van der Waals surface area contributed by atoms with Crippen molar-refractivity contribution in [3.63, 3.8) is 0 Å². The normalized spacial score (nSPS) is 10.4. The Bertz CT molecular complexity index is 313. The zero-order valence-electron chi connectivity index (χ0n) is 8.57. The lowest BCUT2D eigenvalue weighted by Gasteiger charge is -1.99. The second-order valence-corrected chi connectivity index (χ2v) is 3.05. The zero-order chi connectivity index (χ0) is 10.2.